The van der Waals surface area contributed by atoms with Gasteiger partial charge in [0, 0.05) is 25.7 Å². The zero-order valence-corrected chi connectivity index (χ0v) is 68.0. The number of carbonyl (C=O) groups excluding carboxylic acids is 4. The number of rotatable bonds is 81. The summed E-state index contributed by atoms with van der Waals surface area (Å²) < 4.78 is 68.7. The highest BCUT2D eigenvalue weighted by atomic mass is 31.2. The van der Waals surface area contributed by atoms with Gasteiger partial charge in [0.2, 0.25) is 0 Å². The van der Waals surface area contributed by atoms with E-state index in [4.69, 9.17) is 37.0 Å². The van der Waals surface area contributed by atoms with Gasteiger partial charge >= 0.3 is 39.5 Å². The summed E-state index contributed by atoms with van der Waals surface area (Å²) in [6.45, 7) is 9.63. The zero-order chi connectivity index (χ0) is 74.2. The maximum atomic E-state index is 13.1. The summed E-state index contributed by atoms with van der Waals surface area (Å²) in [4.78, 5) is 73.0. The van der Waals surface area contributed by atoms with Crippen LogP contribution in [0.15, 0.2) is 0 Å². The quantitative estimate of drug-likeness (QED) is 0.0222. The molecule has 0 rings (SSSR count). The number of ether oxygens (including phenoxy) is 4. The van der Waals surface area contributed by atoms with Crippen molar-refractivity contribution >= 4 is 39.5 Å². The van der Waals surface area contributed by atoms with Crippen molar-refractivity contribution in [3.63, 3.8) is 0 Å². The van der Waals surface area contributed by atoms with Crippen molar-refractivity contribution in [3.8, 4) is 0 Å². The minimum Gasteiger partial charge on any atom is -0.462 e. The number of aliphatic hydroxyl groups is 1. The molecule has 0 spiro atoms. The Bertz CT molecular complexity index is 1940. The Morgan fingerprint density at radius 3 is 0.752 bits per heavy atom. The lowest BCUT2D eigenvalue weighted by atomic mass is 9.99. The second kappa shape index (κ2) is 73.6. The molecule has 101 heavy (non-hydrogen) atoms. The lowest BCUT2D eigenvalue weighted by Gasteiger charge is -2.21. The van der Waals surface area contributed by atoms with E-state index in [1.807, 2.05) is 0 Å². The van der Waals surface area contributed by atoms with Crippen molar-refractivity contribution in [1.82, 2.24) is 0 Å². The van der Waals surface area contributed by atoms with Crippen LogP contribution in [0.1, 0.15) is 433 Å². The van der Waals surface area contributed by atoms with Gasteiger partial charge in [-0.1, -0.05) is 382 Å². The molecule has 0 aliphatic rings. The van der Waals surface area contributed by atoms with Crippen LogP contribution in [0.5, 0.6) is 0 Å². The molecule has 0 bridgehead atoms. The van der Waals surface area contributed by atoms with Crippen molar-refractivity contribution in [2.24, 2.45) is 11.8 Å². The first-order chi connectivity index (χ1) is 48.9. The average molecular weight is 1480 g/mol. The third-order valence-corrected chi connectivity index (χ3v) is 21.5. The first-order valence-corrected chi connectivity index (χ1v) is 45.5. The summed E-state index contributed by atoms with van der Waals surface area (Å²) in [5.74, 6) is -0.558. The van der Waals surface area contributed by atoms with Crippen LogP contribution in [-0.2, 0) is 65.4 Å². The fraction of sp³-hybridized carbons (Fsp3) is 0.951. The van der Waals surface area contributed by atoms with Gasteiger partial charge in [-0.25, -0.2) is 9.13 Å². The van der Waals surface area contributed by atoms with Crippen LogP contribution in [0.2, 0.25) is 0 Å². The molecule has 0 saturated heterocycles. The number of hydrogen-bond donors (Lipinski definition) is 3. The van der Waals surface area contributed by atoms with Crippen LogP contribution in [0.3, 0.4) is 0 Å². The van der Waals surface area contributed by atoms with Crippen molar-refractivity contribution in [3.05, 3.63) is 0 Å². The van der Waals surface area contributed by atoms with E-state index in [0.29, 0.717) is 31.6 Å². The molecular formula is C82H160O17P2. The SMILES string of the molecule is CCCCCCCCCCCCCCCCCCC(=O)OC[C@H](COP(=O)(O)OC[C@@H](O)COP(=O)(O)OC[C@@H](COC(=O)CCCCCCCCC(C)C)OC(=O)CCCCCCCCCCCCCCCC)OC(=O)CCCCCCCCCCCCCCCCCCCCC(C)CC. The summed E-state index contributed by atoms with van der Waals surface area (Å²) >= 11 is 0. The summed E-state index contributed by atoms with van der Waals surface area (Å²) in [5, 5.41) is 10.6. The standard InChI is InChI=1S/C82H160O17P2/c1-7-10-12-14-16-18-20-22-24-30-34-37-41-45-52-58-64-79(84)92-70-77(98-81(86)67-61-55-47-43-39-35-31-28-26-25-27-29-32-36-40-44-51-57-63-75(6)9-3)72-96-100(88,89)94-68-76(83)69-95-101(90,91)97-73-78(71-93-80(85)65-59-53-49-48-50-56-62-74(4)5)99-82(87)66-60-54-46-42-38-33-23-21-19-17-15-13-11-8-2/h74-78,83H,7-73H2,1-6H3,(H,88,89)(H,90,91)/t75?,76-,77-,78-/m1/s1. The van der Waals surface area contributed by atoms with Gasteiger partial charge in [0.05, 0.1) is 26.4 Å². The Hall–Kier alpha value is -1.94. The lowest BCUT2D eigenvalue weighted by Crippen LogP contribution is -2.30. The minimum atomic E-state index is -4.96. The minimum absolute atomic E-state index is 0.107. The fourth-order valence-electron chi connectivity index (χ4n) is 12.7. The van der Waals surface area contributed by atoms with E-state index in [0.717, 1.165) is 102 Å². The number of aliphatic hydroxyl groups excluding tert-OH is 1. The van der Waals surface area contributed by atoms with E-state index < -0.39 is 97.5 Å². The molecule has 19 heteroatoms. The Kier molecular flexibility index (Phi) is 72.2. The van der Waals surface area contributed by atoms with E-state index >= 15 is 0 Å². The van der Waals surface area contributed by atoms with Crippen LogP contribution < -0.4 is 0 Å². The number of phosphoric acid groups is 2. The van der Waals surface area contributed by atoms with Gasteiger partial charge in [0.25, 0.3) is 0 Å². The van der Waals surface area contributed by atoms with E-state index in [9.17, 15) is 43.2 Å². The Morgan fingerprint density at radius 1 is 0.287 bits per heavy atom. The van der Waals surface area contributed by atoms with Crippen molar-refractivity contribution < 1.29 is 80.2 Å². The molecule has 0 aliphatic carbocycles. The molecule has 0 amide bonds. The van der Waals surface area contributed by atoms with Crippen LogP contribution in [0, 0.1) is 11.8 Å². The number of phosphoric ester groups is 2. The van der Waals surface area contributed by atoms with Crippen LogP contribution in [-0.4, -0.2) is 96.7 Å². The van der Waals surface area contributed by atoms with Gasteiger partial charge in [0.1, 0.15) is 19.3 Å². The molecule has 0 aromatic carbocycles. The molecule has 0 saturated carbocycles. The van der Waals surface area contributed by atoms with E-state index in [1.165, 1.54) is 244 Å². The second-order valence-corrected chi connectivity index (χ2v) is 33.1. The Balaban J connectivity index is 5.20. The molecule has 0 radical (unpaired) electrons. The molecule has 17 nitrogen and oxygen atoms in total. The zero-order valence-electron chi connectivity index (χ0n) is 66.2. The molecule has 3 N–H and O–H groups in total. The van der Waals surface area contributed by atoms with E-state index in [1.54, 1.807) is 0 Å². The number of carbonyl (C=O) groups is 4. The predicted octanol–water partition coefficient (Wildman–Crippen LogP) is 24.7. The van der Waals surface area contributed by atoms with Crippen LogP contribution >= 0.6 is 15.6 Å². The Morgan fingerprint density at radius 2 is 0.505 bits per heavy atom. The molecule has 0 heterocycles. The smallest absolute Gasteiger partial charge is 0.462 e. The number of hydrogen-bond acceptors (Lipinski definition) is 15. The van der Waals surface area contributed by atoms with Gasteiger partial charge in [0.15, 0.2) is 12.2 Å². The number of esters is 4. The molecule has 6 atom stereocenters. The number of unbranched alkanes of at least 4 members (excludes halogenated alkanes) is 50. The highest BCUT2D eigenvalue weighted by Gasteiger charge is 2.30. The van der Waals surface area contributed by atoms with Crippen LogP contribution in [0.25, 0.3) is 0 Å². The maximum absolute atomic E-state index is 13.1. The molecule has 0 aliphatic heterocycles. The van der Waals surface area contributed by atoms with Gasteiger partial charge in [-0.05, 0) is 37.5 Å². The highest BCUT2D eigenvalue weighted by molar-refractivity contribution is 7.47. The van der Waals surface area contributed by atoms with Crippen molar-refractivity contribution in [2.75, 3.05) is 39.6 Å². The average Bonchev–Trinajstić information content (AvgIpc) is 0.933. The molecule has 0 fully saturated rings. The topological polar surface area (TPSA) is 237 Å². The maximum Gasteiger partial charge on any atom is 0.472 e. The molecule has 3 unspecified atom stereocenters. The first-order valence-electron chi connectivity index (χ1n) is 42.5. The summed E-state index contributed by atoms with van der Waals surface area (Å²) in [7, 11) is -9.92. The van der Waals surface area contributed by atoms with Gasteiger partial charge in [-0.3, -0.25) is 37.3 Å². The predicted molar refractivity (Wildman–Crippen MR) is 414 cm³/mol. The van der Waals surface area contributed by atoms with Crippen LogP contribution in [0.4, 0.5) is 0 Å². The van der Waals surface area contributed by atoms with E-state index in [-0.39, 0.29) is 25.7 Å². The third kappa shape index (κ3) is 74.7. The van der Waals surface area contributed by atoms with Gasteiger partial charge in [-0.2, -0.15) is 0 Å². The molecular weight excluding hydrogens is 1320 g/mol. The molecule has 600 valence electrons. The summed E-state index contributed by atoms with van der Waals surface area (Å²) in [6, 6.07) is 0. The monoisotopic (exact) mass is 1480 g/mol. The van der Waals surface area contributed by atoms with Crippen molar-refractivity contribution in [1.29, 1.82) is 0 Å². The van der Waals surface area contributed by atoms with Crippen molar-refractivity contribution in [2.45, 2.75) is 452 Å². The van der Waals surface area contributed by atoms with E-state index in [2.05, 4.69) is 41.5 Å². The van der Waals surface area contributed by atoms with Gasteiger partial charge < -0.3 is 33.8 Å². The summed E-state index contributed by atoms with van der Waals surface area (Å²) in [5.41, 5.74) is 0. The highest BCUT2D eigenvalue weighted by Crippen LogP contribution is 2.45. The first kappa shape index (κ1) is 99.1. The third-order valence-electron chi connectivity index (χ3n) is 19.6. The van der Waals surface area contributed by atoms with Gasteiger partial charge in [-0.15, -0.1) is 0 Å². The Labute approximate surface area is 619 Å². The molecule has 0 aromatic heterocycles. The largest absolute Gasteiger partial charge is 0.472 e. The lowest BCUT2D eigenvalue weighted by molar-refractivity contribution is -0.161. The molecule has 0 aromatic rings. The summed E-state index contributed by atoms with van der Waals surface area (Å²) in [6.07, 6.45) is 64.0. The normalized spacial score (nSPS) is 14.2. The fourth-order valence-corrected chi connectivity index (χ4v) is 14.3. The second-order valence-electron chi connectivity index (χ2n) is 30.2.